The van der Waals surface area contributed by atoms with Gasteiger partial charge in [0.05, 0.1) is 12.2 Å². The van der Waals surface area contributed by atoms with E-state index in [1.54, 1.807) is 0 Å². The molecule has 1 unspecified atom stereocenters. The minimum absolute atomic E-state index is 0.0613. The van der Waals surface area contributed by atoms with Gasteiger partial charge in [-0.05, 0) is 31.5 Å². The lowest BCUT2D eigenvalue weighted by molar-refractivity contribution is 0.0692. The molecule has 27 heavy (non-hydrogen) atoms. The Balaban J connectivity index is 1.76. The van der Waals surface area contributed by atoms with Gasteiger partial charge in [-0.25, -0.2) is 0 Å². The molecule has 1 aliphatic rings. The Morgan fingerprint density at radius 3 is 2.52 bits per heavy atom. The van der Waals surface area contributed by atoms with Gasteiger partial charge in [0.2, 0.25) is 0 Å². The molecule has 4 nitrogen and oxygen atoms in total. The lowest BCUT2D eigenvalue weighted by Gasteiger charge is -2.38. The van der Waals surface area contributed by atoms with Crippen LogP contribution in [-0.2, 0) is 0 Å². The lowest BCUT2D eigenvalue weighted by Crippen LogP contribution is -2.42. The molecule has 4 heteroatoms. The number of ether oxygens (including phenoxy) is 1. The number of fused-ring (bicyclic) bond motifs is 1. The summed E-state index contributed by atoms with van der Waals surface area (Å²) in [6, 6.07) is 15.7. The molecule has 0 aromatic heterocycles. The Kier molecular flexibility index (Phi) is 6.74. The quantitative estimate of drug-likeness (QED) is 0.585. The molecule has 0 radical (unpaired) electrons. The number of hydrogen-bond acceptors (Lipinski definition) is 3. The van der Waals surface area contributed by atoms with E-state index in [1.165, 1.54) is 25.7 Å². The van der Waals surface area contributed by atoms with Crippen LogP contribution in [0.15, 0.2) is 48.5 Å². The second-order valence-corrected chi connectivity index (χ2v) is 6.98. The monoisotopic (exact) mass is 366 g/mol. The van der Waals surface area contributed by atoms with Crippen molar-refractivity contribution in [1.29, 1.82) is 0 Å². The summed E-state index contributed by atoms with van der Waals surface area (Å²) >= 11 is 0. The van der Waals surface area contributed by atoms with Crippen molar-refractivity contribution in [3.63, 3.8) is 0 Å². The van der Waals surface area contributed by atoms with Crippen LogP contribution in [0, 0.1) is 0 Å². The van der Waals surface area contributed by atoms with Crippen LogP contribution in [0.1, 0.15) is 68.0 Å². The number of carbonyl (C=O) groups excluding carboxylic acids is 1. The Morgan fingerprint density at radius 2 is 1.70 bits per heavy atom. The maximum Gasteiger partial charge on any atom is 0.257 e. The maximum absolute atomic E-state index is 12.9. The zero-order chi connectivity index (χ0) is 19.1. The number of benzene rings is 2. The van der Waals surface area contributed by atoms with E-state index in [0.717, 1.165) is 29.0 Å². The fourth-order valence-corrected chi connectivity index (χ4v) is 3.59. The summed E-state index contributed by atoms with van der Waals surface area (Å²) in [4.78, 5) is 14.8. The molecule has 0 saturated heterocycles. The van der Waals surface area contributed by atoms with E-state index in [-0.39, 0.29) is 12.1 Å². The van der Waals surface area contributed by atoms with E-state index < -0.39 is 0 Å². The summed E-state index contributed by atoms with van der Waals surface area (Å²) in [5.41, 5.74) is 2.62. The van der Waals surface area contributed by atoms with Crippen LogP contribution in [0.4, 0.5) is 5.69 Å². The predicted octanol–water partition coefficient (Wildman–Crippen LogP) is 5.62. The van der Waals surface area contributed by atoms with Crippen LogP contribution in [-0.4, -0.2) is 24.0 Å². The number of rotatable bonds is 9. The summed E-state index contributed by atoms with van der Waals surface area (Å²) in [5, 5.41) is 3.53. The van der Waals surface area contributed by atoms with E-state index >= 15 is 0 Å². The number of anilines is 1. The fraction of sp³-hybridized carbons (Fsp3) is 0.435. The molecule has 2 aromatic carbocycles. The Bertz CT molecular complexity index is 760. The first kappa shape index (κ1) is 19.3. The molecule has 1 aliphatic heterocycles. The molecule has 3 rings (SSSR count). The highest BCUT2D eigenvalue weighted by molar-refractivity contribution is 6.01. The highest BCUT2D eigenvalue weighted by Gasteiger charge is 2.33. The van der Waals surface area contributed by atoms with E-state index in [0.29, 0.717) is 13.2 Å². The fourth-order valence-electron chi connectivity index (χ4n) is 3.59. The largest absolute Gasteiger partial charge is 0.493 e. The number of hydrogen-bond donors (Lipinski definition) is 1. The third-order valence-electron chi connectivity index (χ3n) is 5.08. The SMILES string of the molecule is CCCCCCCOc1ccccc1C1Nc2ccccc2C(=O)N1CC. The van der Waals surface area contributed by atoms with Crippen molar-refractivity contribution in [2.45, 2.75) is 52.1 Å². The van der Waals surface area contributed by atoms with Crippen LogP contribution in [0.5, 0.6) is 5.75 Å². The molecular formula is C23H30N2O2. The first-order valence-corrected chi connectivity index (χ1v) is 10.1. The Morgan fingerprint density at radius 1 is 0.963 bits per heavy atom. The molecule has 0 aliphatic carbocycles. The van der Waals surface area contributed by atoms with E-state index in [4.69, 9.17) is 4.74 Å². The number of carbonyl (C=O) groups is 1. The van der Waals surface area contributed by atoms with Crippen LogP contribution < -0.4 is 10.1 Å². The van der Waals surface area contributed by atoms with Crippen molar-refractivity contribution in [2.24, 2.45) is 0 Å². The zero-order valence-corrected chi connectivity index (χ0v) is 16.4. The number of para-hydroxylation sites is 2. The van der Waals surface area contributed by atoms with Gasteiger partial charge in [0.1, 0.15) is 11.9 Å². The summed E-state index contributed by atoms with van der Waals surface area (Å²) in [6.07, 6.45) is 5.85. The average molecular weight is 367 g/mol. The van der Waals surface area contributed by atoms with Crippen molar-refractivity contribution in [1.82, 2.24) is 4.90 Å². The van der Waals surface area contributed by atoms with Gasteiger partial charge in [-0.3, -0.25) is 4.79 Å². The minimum atomic E-state index is -0.214. The molecule has 1 N–H and O–H groups in total. The van der Waals surface area contributed by atoms with Gasteiger partial charge in [-0.15, -0.1) is 0 Å². The van der Waals surface area contributed by atoms with Crippen LogP contribution in [0.3, 0.4) is 0 Å². The second-order valence-electron chi connectivity index (χ2n) is 6.98. The first-order chi connectivity index (χ1) is 13.3. The summed E-state index contributed by atoms with van der Waals surface area (Å²) in [7, 11) is 0. The van der Waals surface area contributed by atoms with Gasteiger partial charge in [0.15, 0.2) is 0 Å². The van der Waals surface area contributed by atoms with Crippen LogP contribution in [0.2, 0.25) is 0 Å². The topological polar surface area (TPSA) is 41.6 Å². The molecule has 0 fully saturated rings. The van der Waals surface area contributed by atoms with E-state index in [1.807, 2.05) is 60.4 Å². The van der Waals surface area contributed by atoms with Gasteiger partial charge in [-0.1, -0.05) is 62.9 Å². The number of unbranched alkanes of at least 4 members (excludes halogenated alkanes) is 4. The number of amides is 1. The third kappa shape index (κ3) is 4.44. The summed E-state index contributed by atoms with van der Waals surface area (Å²) < 4.78 is 6.11. The molecule has 0 saturated carbocycles. The van der Waals surface area contributed by atoms with Crippen molar-refractivity contribution in [3.8, 4) is 5.75 Å². The molecule has 1 atom stereocenters. The van der Waals surface area contributed by atoms with Gasteiger partial charge in [-0.2, -0.15) is 0 Å². The van der Waals surface area contributed by atoms with Crippen LogP contribution in [0.25, 0.3) is 0 Å². The van der Waals surface area contributed by atoms with Gasteiger partial charge >= 0.3 is 0 Å². The van der Waals surface area contributed by atoms with Crippen molar-refractivity contribution < 1.29 is 9.53 Å². The lowest BCUT2D eigenvalue weighted by atomic mass is 10.0. The molecule has 0 spiro atoms. The second kappa shape index (κ2) is 9.45. The zero-order valence-electron chi connectivity index (χ0n) is 16.4. The minimum Gasteiger partial charge on any atom is -0.493 e. The molecule has 0 bridgehead atoms. The number of nitrogens with zero attached hydrogens (tertiary/aromatic N) is 1. The van der Waals surface area contributed by atoms with Crippen molar-refractivity contribution in [2.75, 3.05) is 18.5 Å². The molecule has 144 valence electrons. The third-order valence-corrected chi connectivity index (χ3v) is 5.08. The maximum atomic E-state index is 12.9. The Labute approximate surface area is 162 Å². The van der Waals surface area contributed by atoms with E-state index in [2.05, 4.69) is 12.2 Å². The highest BCUT2D eigenvalue weighted by atomic mass is 16.5. The Hall–Kier alpha value is -2.49. The van der Waals surface area contributed by atoms with Gasteiger partial charge in [0.25, 0.3) is 5.91 Å². The van der Waals surface area contributed by atoms with Crippen molar-refractivity contribution in [3.05, 3.63) is 59.7 Å². The standard InChI is InChI=1S/C23H30N2O2/c1-3-5-6-7-12-17-27-21-16-11-9-14-19(21)22-24-20-15-10-8-13-18(20)23(26)25(22)4-2/h8-11,13-16,22,24H,3-7,12,17H2,1-2H3. The molecule has 1 heterocycles. The smallest absolute Gasteiger partial charge is 0.257 e. The number of nitrogens with one attached hydrogen (secondary N) is 1. The molecular weight excluding hydrogens is 336 g/mol. The van der Waals surface area contributed by atoms with Gasteiger partial charge < -0.3 is 15.0 Å². The predicted molar refractivity (Wildman–Crippen MR) is 110 cm³/mol. The normalized spacial score (nSPS) is 16.0. The van der Waals surface area contributed by atoms with Crippen molar-refractivity contribution >= 4 is 11.6 Å². The average Bonchev–Trinajstić information content (AvgIpc) is 2.71. The highest BCUT2D eigenvalue weighted by Crippen LogP contribution is 2.36. The van der Waals surface area contributed by atoms with Gasteiger partial charge in [0, 0.05) is 17.8 Å². The summed E-state index contributed by atoms with van der Waals surface area (Å²) in [6.45, 7) is 5.58. The summed E-state index contributed by atoms with van der Waals surface area (Å²) in [5.74, 6) is 0.919. The first-order valence-electron chi connectivity index (χ1n) is 10.1. The van der Waals surface area contributed by atoms with Crippen LogP contribution >= 0.6 is 0 Å². The van der Waals surface area contributed by atoms with E-state index in [9.17, 15) is 4.79 Å². The molecule has 1 amide bonds. The molecule has 2 aromatic rings.